The van der Waals surface area contributed by atoms with Crippen molar-refractivity contribution in [2.45, 2.75) is 22.9 Å². The first kappa shape index (κ1) is 13.6. The number of imidazole rings is 1. The fourth-order valence-electron chi connectivity index (χ4n) is 2.44. The van der Waals surface area contributed by atoms with Gasteiger partial charge in [0, 0.05) is 13.2 Å². The van der Waals surface area contributed by atoms with Crippen molar-refractivity contribution in [3.63, 3.8) is 0 Å². The van der Waals surface area contributed by atoms with E-state index in [9.17, 15) is 8.42 Å². The zero-order valence-corrected chi connectivity index (χ0v) is 12.4. The molecule has 0 aliphatic heterocycles. The lowest BCUT2D eigenvalue weighted by Gasteiger charge is -2.16. The highest BCUT2D eigenvalue weighted by atomic mass is 35.5. The molecule has 1 N–H and O–H groups in total. The zero-order valence-electron chi connectivity index (χ0n) is 10.8. The van der Waals surface area contributed by atoms with Gasteiger partial charge in [0.05, 0.1) is 17.7 Å². The Kier molecular flexibility index (Phi) is 3.32. The van der Waals surface area contributed by atoms with Crippen molar-refractivity contribution < 1.29 is 8.42 Å². The largest absolute Gasteiger partial charge is 0.339 e. The van der Waals surface area contributed by atoms with Crippen LogP contribution in [0.1, 0.15) is 17.2 Å². The van der Waals surface area contributed by atoms with Gasteiger partial charge in [0.1, 0.15) is 0 Å². The molecule has 0 fully saturated rings. The van der Waals surface area contributed by atoms with Gasteiger partial charge in [0.25, 0.3) is 10.0 Å². The molecule has 3 rings (SSSR count). The van der Waals surface area contributed by atoms with Crippen molar-refractivity contribution in [3.8, 4) is 0 Å². The lowest BCUT2D eigenvalue weighted by atomic mass is 10.1. The average Bonchev–Trinajstić information content (AvgIpc) is 2.95. The number of nitrogens with zero attached hydrogens (tertiary/aromatic N) is 2. The summed E-state index contributed by atoms with van der Waals surface area (Å²) in [6.45, 7) is 0. The maximum atomic E-state index is 12.3. The van der Waals surface area contributed by atoms with Crippen LogP contribution in [0.4, 0.5) is 0 Å². The fourth-order valence-corrected chi connectivity index (χ4v) is 4.12. The molecule has 0 saturated carbocycles. The van der Waals surface area contributed by atoms with Crippen LogP contribution in [0, 0.1) is 0 Å². The van der Waals surface area contributed by atoms with E-state index in [-0.39, 0.29) is 10.4 Å². The molecule has 1 heterocycles. The normalized spacial score (nSPS) is 21.9. The third-order valence-corrected chi connectivity index (χ3v) is 5.14. The zero-order chi connectivity index (χ0) is 14.3. The molecule has 2 aromatic rings. The van der Waals surface area contributed by atoms with Gasteiger partial charge < -0.3 is 4.57 Å². The summed E-state index contributed by atoms with van der Waals surface area (Å²) in [6, 6.07) is 7.27. The molecular weight excluding hydrogens is 298 g/mol. The molecule has 0 bridgehead atoms. The number of nitrogens with one attached hydrogen (secondary N) is 1. The number of benzene rings is 1. The minimum Gasteiger partial charge on any atom is -0.339 e. The standard InChI is InChI=1S/C13H14ClN3O2S/c1-17-7-12(15-8-17)20(18,19)16-13-10-5-3-2-4-9(10)6-11(13)14/h2-5,7-8,11,13,16H,6H2,1H3. The summed E-state index contributed by atoms with van der Waals surface area (Å²) >= 11 is 6.29. The number of alkyl halides is 1. The molecule has 0 amide bonds. The first-order chi connectivity index (χ1) is 9.47. The van der Waals surface area contributed by atoms with E-state index in [2.05, 4.69) is 9.71 Å². The van der Waals surface area contributed by atoms with Crippen molar-refractivity contribution in [1.82, 2.24) is 14.3 Å². The molecule has 2 atom stereocenters. The van der Waals surface area contributed by atoms with Crippen molar-refractivity contribution >= 4 is 21.6 Å². The van der Waals surface area contributed by atoms with Crippen molar-refractivity contribution in [2.75, 3.05) is 0 Å². The Labute approximate surface area is 122 Å². The van der Waals surface area contributed by atoms with Gasteiger partial charge in [-0.15, -0.1) is 11.6 Å². The highest BCUT2D eigenvalue weighted by Crippen LogP contribution is 2.35. The molecule has 5 nitrogen and oxygen atoms in total. The van der Waals surface area contributed by atoms with Gasteiger partial charge in [-0.1, -0.05) is 24.3 Å². The van der Waals surface area contributed by atoms with Crippen LogP contribution >= 0.6 is 11.6 Å². The van der Waals surface area contributed by atoms with Crippen LogP contribution in [0.5, 0.6) is 0 Å². The first-order valence-corrected chi connectivity index (χ1v) is 8.11. The van der Waals surface area contributed by atoms with Crippen LogP contribution < -0.4 is 4.72 Å². The van der Waals surface area contributed by atoms with Gasteiger partial charge >= 0.3 is 0 Å². The van der Waals surface area contributed by atoms with Crippen LogP contribution in [0.3, 0.4) is 0 Å². The predicted octanol–water partition coefficient (Wildman–Crippen LogP) is 1.60. The van der Waals surface area contributed by atoms with Crippen LogP contribution in [0.2, 0.25) is 0 Å². The van der Waals surface area contributed by atoms with E-state index in [1.165, 1.54) is 12.5 Å². The molecule has 106 valence electrons. The monoisotopic (exact) mass is 311 g/mol. The quantitative estimate of drug-likeness (QED) is 0.876. The first-order valence-electron chi connectivity index (χ1n) is 6.19. The lowest BCUT2D eigenvalue weighted by molar-refractivity contribution is 0.553. The molecular formula is C13H14ClN3O2S. The van der Waals surface area contributed by atoms with Gasteiger partial charge in [0.15, 0.2) is 5.03 Å². The van der Waals surface area contributed by atoms with Gasteiger partial charge in [0.2, 0.25) is 0 Å². The summed E-state index contributed by atoms with van der Waals surface area (Å²) in [4.78, 5) is 3.88. The minimum absolute atomic E-state index is 0.00764. The molecule has 1 aliphatic rings. The summed E-state index contributed by atoms with van der Waals surface area (Å²) in [6.07, 6.45) is 3.58. The second-order valence-electron chi connectivity index (χ2n) is 4.90. The van der Waals surface area contributed by atoms with Crippen LogP contribution in [0.15, 0.2) is 41.8 Å². The van der Waals surface area contributed by atoms with Gasteiger partial charge in [-0.3, -0.25) is 0 Å². The number of aryl methyl sites for hydroxylation is 1. The van der Waals surface area contributed by atoms with Crippen molar-refractivity contribution in [3.05, 3.63) is 47.9 Å². The summed E-state index contributed by atoms with van der Waals surface area (Å²) in [7, 11) is -1.94. The Bertz CT molecular complexity index is 742. The molecule has 0 spiro atoms. The SMILES string of the molecule is Cn1cnc(S(=O)(=O)NC2c3ccccc3CC2Cl)c1. The highest BCUT2D eigenvalue weighted by molar-refractivity contribution is 7.89. The molecule has 1 aromatic heterocycles. The molecule has 1 aliphatic carbocycles. The third-order valence-electron chi connectivity index (χ3n) is 3.41. The second kappa shape index (κ2) is 4.87. The number of rotatable bonds is 3. The van der Waals surface area contributed by atoms with Crippen molar-refractivity contribution in [1.29, 1.82) is 0 Å². The predicted molar refractivity (Wildman–Crippen MR) is 76.1 cm³/mol. The third kappa shape index (κ3) is 2.34. The van der Waals surface area contributed by atoms with Crippen LogP contribution in [0.25, 0.3) is 0 Å². The summed E-state index contributed by atoms with van der Waals surface area (Å²) in [5, 5.41) is -0.279. The maximum Gasteiger partial charge on any atom is 0.260 e. The van der Waals surface area contributed by atoms with E-state index in [0.29, 0.717) is 6.42 Å². The molecule has 7 heteroatoms. The Balaban J connectivity index is 1.92. The molecule has 2 unspecified atom stereocenters. The van der Waals surface area contributed by atoms with E-state index < -0.39 is 16.1 Å². The number of sulfonamides is 1. The van der Waals surface area contributed by atoms with E-state index in [1.807, 2.05) is 24.3 Å². The summed E-state index contributed by atoms with van der Waals surface area (Å²) in [5.41, 5.74) is 2.02. The highest BCUT2D eigenvalue weighted by Gasteiger charge is 2.34. The molecule has 0 radical (unpaired) electrons. The summed E-state index contributed by atoms with van der Waals surface area (Å²) in [5.74, 6) is 0. The Morgan fingerprint density at radius 2 is 2.15 bits per heavy atom. The number of halogens is 1. The maximum absolute atomic E-state index is 12.3. The number of hydrogen-bond donors (Lipinski definition) is 1. The summed E-state index contributed by atoms with van der Waals surface area (Å²) < 4.78 is 28.9. The van der Waals surface area contributed by atoms with Crippen molar-refractivity contribution in [2.24, 2.45) is 7.05 Å². The molecule has 20 heavy (non-hydrogen) atoms. The topological polar surface area (TPSA) is 64.0 Å². The average molecular weight is 312 g/mol. The van der Waals surface area contributed by atoms with E-state index >= 15 is 0 Å². The Morgan fingerprint density at radius 3 is 2.85 bits per heavy atom. The second-order valence-corrected chi connectivity index (χ2v) is 7.12. The lowest BCUT2D eigenvalue weighted by Crippen LogP contribution is -2.32. The van der Waals surface area contributed by atoms with E-state index in [4.69, 9.17) is 11.6 Å². The van der Waals surface area contributed by atoms with Crippen LogP contribution in [-0.4, -0.2) is 23.3 Å². The van der Waals surface area contributed by atoms with E-state index in [0.717, 1.165) is 11.1 Å². The fraction of sp³-hybridized carbons (Fsp3) is 0.308. The minimum atomic E-state index is -3.66. The van der Waals surface area contributed by atoms with Gasteiger partial charge in [-0.25, -0.2) is 18.1 Å². The Morgan fingerprint density at radius 1 is 1.40 bits per heavy atom. The van der Waals surface area contributed by atoms with E-state index in [1.54, 1.807) is 11.6 Å². The Hall–Kier alpha value is -1.37. The van der Waals surface area contributed by atoms with Gasteiger partial charge in [-0.05, 0) is 17.5 Å². The number of fused-ring (bicyclic) bond motifs is 1. The molecule has 1 aromatic carbocycles. The number of hydrogen-bond acceptors (Lipinski definition) is 3. The molecule has 0 saturated heterocycles. The number of aromatic nitrogens is 2. The van der Waals surface area contributed by atoms with Crippen LogP contribution in [-0.2, 0) is 23.5 Å². The smallest absolute Gasteiger partial charge is 0.260 e. The van der Waals surface area contributed by atoms with Gasteiger partial charge in [-0.2, -0.15) is 0 Å².